The number of nitrogens with one attached hydrogen (secondary N) is 2. The van der Waals surface area contributed by atoms with Gasteiger partial charge in [0.2, 0.25) is 5.91 Å². The summed E-state index contributed by atoms with van der Waals surface area (Å²) < 4.78 is 0. The minimum atomic E-state index is -0.0667. The highest BCUT2D eigenvalue weighted by Gasteiger charge is 2.30. The molecule has 0 radical (unpaired) electrons. The lowest BCUT2D eigenvalue weighted by molar-refractivity contribution is -0.122. The zero-order chi connectivity index (χ0) is 11.0. The van der Waals surface area contributed by atoms with Crippen LogP contribution in [-0.4, -0.2) is 12.1 Å². The van der Waals surface area contributed by atoms with E-state index in [2.05, 4.69) is 28.8 Å². The van der Waals surface area contributed by atoms with Gasteiger partial charge in [-0.2, -0.15) is 0 Å². The van der Waals surface area contributed by atoms with Crippen molar-refractivity contribution in [2.75, 3.05) is 0 Å². The fourth-order valence-corrected chi connectivity index (χ4v) is 1.90. The summed E-state index contributed by atoms with van der Waals surface area (Å²) in [7, 11) is 0. The third-order valence-electron chi connectivity index (χ3n) is 3.01. The molecule has 0 spiro atoms. The number of amides is 1. The van der Waals surface area contributed by atoms with Crippen molar-refractivity contribution in [1.29, 1.82) is 0 Å². The molecule has 1 amide bonds. The Kier molecular flexibility index (Phi) is 2.17. The van der Waals surface area contributed by atoms with E-state index in [0.29, 0.717) is 0 Å². The second kappa shape index (κ2) is 3.67. The van der Waals surface area contributed by atoms with E-state index in [-0.39, 0.29) is 18.0 Å². The summed E-state index contributed by atoms with van der Waals surface area (Å²) in [5.41, 5.74) is 0. The van der Waals surface area contributed by atoms with E-state index in [1.807, 2.05) is 18.3 Å². The molecule has 1 aliphatic carbocycles. The van der Waals surface area contributed by atoms with E-state index in [1.165, 1.54) is 10.4 Å². The molecule has 1 aliphatic heterocycles. The fraction of sp³-hybridized carbons (Fsp3) is 0.308. The van der Waals surface area contributed by atoms with Crippen LogP contribution in [0.15, 0.2) is 24.3 Å². The summed E-state index contributed by atoms with van der Waals surface area (Å²) in [6.07, 6.45) is 6.02. The van der Waals surface area contributed by atoms with Crippen LogP contribution in [0.1, 0.15) is 12.8 Å². The molecule has 0 aromatic heterocycles. The van der Waals surface area contributed by atoms with Gasteiger partial charge >= 0.3 is 0 Å². The topological polar surface area (TPSA) is 41.1 Å². The first-order valence-electron chi connectivity index (χ1n) is 5.66. The second-order valence-corrected chi connectivity index (χ2v) is 4.37. The Morgan fingerprint density at radius 3 is 2.75 bits per heavy atom. The van der Waals surface area contributed by atoms with Crippen molar-refractivity contribution in [3.05, 3.63) is 34.7 Å². The zero-order valence-electron chi connectivity index (χ0n) is 8.94. The number of rotatable bonds is 2. The zero-order valence-corrected chi connectivity index (χ0v) is 8.94. The first-order chi connectivity index (χ1) is 7.83. The lowest BCUT2D eigenvalue weighted by Crippen LogP contribution is -2.48. The number of benzene rings is 1. The lowest BCUT2D eigenvalue weighted by atomic mass is 10.2. The molecule has 0 saturated heterocycles. The van der Waals surface area contributed by atoms with E-state index >= 15 is 0 Å². The monoisotopic (exact) mass is 214 g/mol. The van der Waals surface area contributed by atoms with Gasteiger partial charge in [-0.3, -0.25) is 4.79 Å². The Morgan fingerprint density at radius 1 is 1.25 bits per heavy atom. The van der Waals surface area contributed by atoms with E-state index < -0.39 is 0 Å². The van der Waals surface area contributed by atoms with E-state index in [1.54, 1.807) is 0 Å². The van der Waals surface area contributed by atoms with Crippen LogP contribution in [0, 0.1) is 5.92 Å². The van der Waals surface area contributed by atoms with Gasteiger partial charge in [0.15, 0.2) is 0 Å². The fourth-order valence-electron chi connectivity index (χ4n) is 1.90. The van der Waals surface area contributed by atoms with Crippen LogP contribution in [0.2, 0.25) is 0 Å². The predicted molar refractivity (Wildman–Crippen MR) is 62.4 cm³/mol. The van der Waals surface area contributed by atoms with Crippen molar-refractivity contribution in [1.82, 2.24) is 10.6 Å². The molecule has 1 unspecified atom stereocenters. The first kappa shape index (κ1) is 9.46. The maximum absolute atomic E-state index is 11.6. The Bertz CT molecular complexity index is 531. The molecule has 1 atom stereocenters. The minimum Gasteiger partial charge on any atom is -0.368 e. The number of fused-ring (bicyclic) bond motifs is 1. The van der Waals surface area contributed by atoms with Gasteiger partial charge in [-0.25, -0.2) is 0 Å². The van der Waals surface area contributed by atoms with Crippen LogP contribution in [0.25, 0.3) is 12.3 Å². The molecule has 2 N–H and O–H groups in total. The molecular weight excluding hydrogens is 200 g/mol. The Hall–Kier alpha value is -1.77. The average Bonchev–Trinajstić information content (AvgIpc) is 3.12. The van der Waals surface area contributed by atoms with Crippen molar-refractivity contribution >= 4 is 18.2 Å². The van der Waals surface area contributed by atoms with E-state index in [4.69, 9.17) is 0 Å². The van der Waals surface area contributed by atoms with Gasteiger partial charge in [0.05, 0.1) is 0 Å². The van der Waals surface area contributed by atoms with Crippen LogP contribution < -0.4 is 21.1 Å². The van der Waals surface area contributed by atoms with Gasteiger partial charge in [-0.05, 0) is 29.4 Å². The van der Waals surface area contributed by atoms with Gasteiger partial charge in [0, 0.05) is 12.1 Å². The summed E-state index contributed by atoms with van der Waals surface area (Å²) in [6.45, 7) is 0. The van der Waals surface area contributed by atoms with Gasteiger partial charge in [-0.15, -0.1) is 0 Å². The number of carbonyl (C=O) groups excluding carboxylic acids is 1. The minimum absolute atomic E-state index is 0.0667. The predicted octanol–water partition coefficient (Wildman–Crippen LogP) is -0.339. The molecule has 3 nitrogen and oxygen atoms in total. The SMILES string of the molecule is O=C(NC1C=c2ccccc2=CN1)C1CC1. The van der Waals surface area contributed by atoms with Crippen molar-refractivity contribution in [3.8, 4) is 0 Å². The van der Waals surface area contributed by atoms with Crippen molar-refractivity contribution in [3.63, 3.8) is 0 Å². The summed E-state index contributed by atoms with van der Waals surface area (Å²) >= 11 is 0. The smallest absolute Gasteiger partial charge is 0.224 e. The van der Waals surface area contributed by atoms with Crippen LogP contribution >= 0.6 is 0 Å². The molecular formula is C13H14N2O. The van der Waals surface area contributed by atoms with E-state index in [0.717, 1.165) is 12.8 Å². The van der Waals surface area contributed by atoms with Crippen molar-refractivity contribution in [2.45, 2.75) is 19.0 Å². The molecule has 3 rings (SSSR count). The molecule has 2 aliphatic rings. The third-order valence-corrected chi connectivity index (χ3v) is 3.01. The largest absolute Gasteiger partial charge is 0.368 e. The summed E-state index contributed by atoms with van der Waals surface area (Å²) in [5.74, 6) is 0.425. The Morgan fingerprint density at radius 2 is 2.00 bits per heavy atom. The van der Waals surface area contributed by atoms with Crippen LogP contribution in [0.5, 0.6) is 0 Å². The highest BCUT2D eigenvalue weighted by molar-refractivity contribution is 5.82. The summed E-state index contributed by atoms with van der Waals surface area (Å²) in [6, 6.07) is 8.13. The standard InChI is InChI=1S/C13H14N2O/c16-13(9-5-6-9)15-12-7-10-3-1-2-4-11(10)8-14-12/h1-4,7-9,12,14H,5-6H2,(H,15,16). The summed E-state index contributed by atoms with van der Waals surface area (Å²) in [5, 5.41) is 8.50. The van der Waals surface area contributed by atoms with Crippen LogP contribution in [0.3, 0.4) is 0 Å². The van der Waals surface area contributed by atoms with Gasteiger partial charge in [-0.1, -0.05) is 24.3 Å². The highest BCUT2D eigenvalue weighted by Crippen LogP contribution is 2.28. The molecule has 82 valence electrons. The lowest BCUT2D eigenvalue weighted by Gasteiger charge is -2.18. The molecule has 0 bridgehead atoms. The molecule has 1 aromatic carbocycles. The average molecular weight is 214 g/mol. The maximum Gasteiger partial charge on any atom is 0.224 e. The first-order valence-corrected chi connectivity index (χ1v) is 5.66. The molecule has 3 heteroatoms. The van der Waals surface area contributed by atoms with Gasteiger partial charge < -0.3 is 10.6 Å². The number of carbonyl (C=O) groups is 1. The van der Waals surface area contributed by atoms with Gasteiger partial charge in [0.1, 0.15) is 6.17 Å². The Balaban J connectivity index is 1.80. The highest BCUT2D eigenvalue weighted by atomic mass is 16.2. The molecule has 1 fully saturated rings. The van der Waals surface area contributed by atoms with Crippen molar-refractivity contribution in [2.24, 2.45) is 5.92 Å². The van der Waals surface area contributed by atoms with Crippen LogP contribution in [0.4, 0.5) is 0 Å². The second-order valence-electron chi connectivity index (χ2n) is 4.37. The van der Waals surface area contributed by atoms with Crippen LogP contribution in [-0.2, 0) is 4.79 Å². The number of hydrogen-bond donors (Lipinski definition) is 2. The normalized spacial score (nSPS) is 22.1. The summed E-state index contributed by atoms with van der Waals surface area (Å²) in [4.78, 5) is 11.6. The van der Waals surface area contributed by atoms with Gasteiger partial charge in [0.25, 0.3) is 0 Å². The molecule has 1 heterocycles. The molecule has 1 aromatic rings. The van der Waals surface area contributed by atoms with E-state index in [9.17, 15) is 4.79 Å². The quantitative estimate of drug-likeness (QED) is 0.707. The van der Waals surface area contributed by atoms with Crippen molar-refractivity contribution < 1.29 is 4.79 Å². The number of hydrogen-bond acceptors (Lipinski definition) is 2. The molecule has 16 heavy (non-hydrogen) atoms. The molecule has 1 saturated carbocycles. The third kappa shape index (κ3) is 1.81. The maximum atomic E-state index is 11.6. The Labute approximate surface area is 93.9 Å².